The molecule has 3 rings (SSSR count). The Morgan fingerprint density at radius 3 is 2.54 bits per heavy atom. The zero-order valence-corrected chi connectivity index (χ0v) is 16.2. The van der Waals surface area contributed by atoms with E-state index in [1.54, 1.807) is 0 Å². The van der Waals surface area contributed by atoms with Gasteiger partial charge in [0.05, 0.1) is 18.1 Å². The zero-order chi connectivity index (χ0) is 18.5. The van der Waals surface area contributed by atoms with E-state index in [2.05, 4.69) is 27.7 Å². The Bertz CT molecular complexity index is 912. The van der Waals surface area contributed by atoms with Gasteiger partial charge in [-0.25, -0.2) is 4.79 Å². The maximum absolute atomic E-state index is 12.2. The lowest BCUT2D eigenvalue weighted by Crippen LogP contribution is -2.47. The molecule has 0 saturated carbocycles. The molecule has 0 aromatic heterocycles. The van der Waals surface area contributed by atoms with Crippen LogP contribution in [0.2, 0.25) is 0 Å². The number of quaternary nitrogens is 1. The minimum Gasteiger partial charge on any atom is -0.477 e. The molecule has 3 aromatic carbocycles. The Hall–Kier alpha value is -2.37. The molecular formula is C21H21BrNO3+. The predicted molar refractivity (Wildman–Crippen MR) is 105 cm³/mol. The quantitative estimate of drug-likeness (QED) is 0.627. The average molecular weight is 415 g/mol. The molecule has 0 amide bonds. The third-order valence-electron chi connectivity index (χ3n) is 4.27. The van der Waals surface area contributed by atoms with Gasteiger partial charge in [-0.05, 0) is 44.4 Å². The van der Waals surface area contributed by atoms with Crippen LogP contribution in [0.1, 0.15) is 11.1 Å². The van der Waals surface area contributed by atoms with Gasteiger partial charge in [0, 0.05) is 12.0 Å². The lowest BCUT2D eigenvalue weighted by molar-refractivity contribution is -0.386. The van der Waals surface area contributed by atoms with Crippen LogP contribution in [0.5, 0.6) is 5.75 Å². The van der Waals surface area contributed by atoms with E-state index in [0.717, 1.165) is 27.4 Å². The van der Waals surface area contributed by atoms with Crippen molar-refractivity contribution in [3.8, 4) is 5.75 Å². The number of carbonyl (C=O) groups excluding carboxylic acids is 1. The normalized spacial score (nSPS) is 12.0. The minimum atomic E-state index is -0.713. The van der Waals surface area contributed by atoms with Crippen molar-refractivity contribution in [2.75, 3.05) is 7.11 Å². The van der Waals surface area contributed by atoms with Gasteiger partial charge in [0.1, 0.15) is 5.75 Å². The SMILES string of the molecule is COC(=O)C(Cc1ccccc1)Oc1ccc2cc(C[NH3+])ccc2c1Br. The van der Waals surface area contributed by atoms with E-state index >= 15 is 0 Å². The molecule has 0 fully saturated rings. The average Bonchev–Trinajstić information content (AvgIpc) is 2.69. The number of benzene rings is 3. The molecule has 0 spiro atoms. The van der Waals surface area contributed by atoms with E-state index in [1.807, 2.05) is 54.6 Å². The standard InChI is InChI=1S/C21H20BrNO3/c1-25-21(24)19(12-14-5-3-2-4-6-14)26-18-10-8-16-11-15(13-23)7-9-17(16)20(18)22/h2-11,19H,12-13,23H2,1H3/p+1. The summed E-state index contributed by atoms with van der Waals surface area (Å²) in [6, 6.07) is 19.8. The number of halogens is 1. The molecule has 1 atom stereocenters. The number of methoxy groups -OCH3 is 1. The van der Waals surface area contributed by atoms with Crippen molar-refractivity contribution in [1.29, 1.82) is 0 Å². The number of fused-ring (bicyclic) bond motifs is 1. The molecule has 0 aliphatic carbocycles. The number of carbonyl (C=O) groups is 1. The van der Waals surface area contributed by atoms with Crippen LogP contribution in [0.25, 0.3) is 10.8 Å². The molecule has 0 radical (unpaired) electrons. The van der Waals surface area contributed by atoms with Crippen molar-refractivity contribution in [3.63, 3.8) is 0 Å². The molecule has 0 aliphatic rings. The van der Waals surface area contributed by atoms with Gasteiger partial charge in [-0.2, -0.15) is 0 Å². The second-order valence-corrected chi connectivity index (χ2v) is 6.80. The summed E-state index contributed by atoms with van der Waals surface area (Å²) in [6.45, 7) is 0.743. The van der Waals surface area contributed by atoms with Gasteiger partial charge in [0.2, 0.25) is 0 Å². The molecule has 0 heterocycles. The van der Waals surface area contributed by atoms with Crippen molar-refractivity contribution in [3.05, 3.63) is 76.3 Å². The Morgan fingerprint density at radius 2 is 1.85 bits per heavy atom. The van der Waals surface area contributed by atoms with Gasteiger partial charge in [-0.15, -0.1) is 0 Å². The Labute approximate surface area is 161 Å². The van der Waals surface area contributed by atoms with Crippen molar-refractivity contribution in [2.45, 2.75) is 19.1 Å². The third-order valence-corrected chi connectivity index (χ3v) is 5.09. The Kier molecular flexibility index (Phi) is 5.91. The highest BCUT2D eigenvalue weighted by molar-refractivity contribution is 9.10. The first-order valence-electron chi connectivity index (χ1n) is 8.41. The molecule has 0 bridgehead atoms. The number of ether oxygens (including phenoxy) is 2. The van der Waals surface area contributed by atoms with Gasteiger partial charge in [-0.1, -0.05) is 48.5 Å². The smallest absolute Gasteiger partial charge is 0.347 e. The lowest BCUT2D eigenvalue weighted by Gasteiger charge is -2.19. The van der Waals surface area contributed by atoms with Gasteiger partial charge in [-0.3, -0.25) is 0 Å². The number of hydrogen-bond acceptors (Lipinski definition) is 3. The number of hydrogen-bond donors (Lipinski definition) is 1. The fraction of sp³-hybridized carbons (Fsp3) is 0.190. The maximum Gasteiger partial charge on any atom is 0.347 e. The molecule has 26 heavy (non-hydrogen) atoms. The molecule has 3 N–H and O–H groups in total. The first-order chi connectivity index (χ1) is 12.6. The Balaban J connectivity index is 1.90. The van der Waals surface area contributed by atoms with Crippen molar-refractivity contribution >= 4 is 32.7 Å². The minimum absolute atomic E-state index is 0.395. The first kappa shape index (κ1) is 18.4. The summed E-state index contributed by atoms with van der Waals surface area (Å²) < 4.78 is 11.8. The summed E-state index contributed by atoms with van der Waals surface area (Å²) in [4.78, 5) is 12.2. The van der Waals surface area contributed by atoms with Gasteiger partial charge in [0.15, 0.2) is 6.10 Å². The van der Waals surface area contributed by atoms with Gasteiger partial charge >= 0.3 is 5.97 Å². The summed E-state index contributed by atoms with van der Waals surface area (Å²) in [5, 5.41) is 2.13. The van der Waals surface area contributed by atoms with E-state index in [0.29, 0.717) is 12.2 Å². The second-order valence-electron chi connectivity index (χ2n) is 6.00. The monoisotopic (exact) mass is 414 g/mol. The van der Waals surface area contributed by atoms with Crippen LogP contribution in [0.4, 0.5) is 0 Å². The fourth-order valence-corrected chi connectivity index (χ4v) is 3.44. The van der Waals surface area contributed by atoms with Gasteiger partial charge < -0.3 is 15.2 Å². The van der Waals surface area contributed by atoms with Crippen LogP contribution >= 0.6 is 15.9 Å². The van der Waals surface area contributed by atoms with Crippen molar-refractivity contribution < 1.29 is 20.0 Å². The van der Waals surface area contributed by atoms with E-state index in [-0.39, 0.29) is 0 Å². The molecule has 3 aromatic rings. The molecule has 0 saturated heterocycles. The largest absolute Gasteiger partial charge is 0.477 e. The number of esters is 1. The van der Waals surface area contributed by atoms with Crippen LogP contribution in [-0.2, 0) is 22.5 Å². The third kappa shape index (κ3) is 4.06. The molecule has 5 heteroatoms. The zero-order valence-electron chi connectivity index (χ0n) is 14.6. The summed E-state index contributed by atoms with van der Waals surface area (Å²) in [5.74, 6) is 0.222. The van der Waals surface area contributed by atoms with Crippen LogP contribution in [0, 0.1) is 0 Å². The first-order valence-corrected chi connectivity index (χ1v) is 9.20. The van der Waals surface area contributed by atoms with E-state index in [4.69, 9.17) is 9.47 Å². The van der Waals surface area contributed by atoms with Crippen LogP contribution in [0.15, 0.2) is 65.1 Å². The molecular weight excluding hydrogens is 394 g/mol. The van der Waals surface area contributed by atoms with Crippen molar-refractivity contribution in [1.82, 2.24) is 0 Å². The lowest BCUT2D eigenvalue weighted by atomic mass is 10.1. The topological polar surface area (TPSA) is 63.2 Å². The molecule has 4 nitrogen and oxygen atoms in total. The molecule has 134 valence electrons. The highest BCUT2D eigenvalue weighted by Crippen LogP contribution is 2.34. The second kappa shape index (κ2) is 8.34. The summed E-state index contributed by atoms with van der Waals surface area (Å²) in [5.41, 5.74) is 6.11. The van der Waals surface area contributed by atoms with E-state index in [1.165, 1.54) is 12.7 Å². The Morgan fingerprint density at radius 1 is 1.08 bits per heavy atom. The predicted octanol–water partition coefficient (Wildman–Crippen LogP) is 3.51. The van der Waals surface area contributed by atoms with Crippen LogP contribution < -0.4 is 10.5 Å². The summed E-state index contributed by atoms with van der Waals surface area (Å²) >= 11 is 3.62. The maximum atomic E-state index is 12.2. The molecule has 0 aliphatic heterocycles. The highest BCUT2D eigenvalue weighted by Gasteiger charge is 2.23. The summed E-state index contributed by atoms with van der Waals surface area (Å²) in [6.07, 6.45) is -0.270. The van der Waals surface area contributed by atoms with Crippen molar-refractivity contribution in [2.24, 2.45) is 0 Å². The van der Waals surface area contributed by atoms with E-state index in [9.17, 15) is 4.79 Å². The molecule has 1 unspecified atom stereocenters. The number of rotatable bonds is 6. The van der Waals surface area contributed by atoms with Crippen LogP contribution in [-0.4, -0.2) is 19.2 Å². The highest BCUT2D eigenvalue weighted by atomic mass is 79.9. The van der Waals surface area contributed by atoms with E-state index < -0.39 is 12.1 Å². The van der Waals surface area contributed by atoms with Crippen LogP contribution in [0.3, 0.4) is 0 Å². The fourth-order valence-electron chi connectivity index (χ4n) is 2.85. The summed E-state index contributed by atoms with van der Waals surface area (Å²) in [7, 11) is 1.37. The van der Waals surface area contributed by atoms with Gasteiger partial charge in [0.25, 0.3) is 0 Å².